The third kappa shape index (κ3) is 5.44. The van der Waals surface area contributed by atoms with E-state index in [9.17, 15) is 4.79 Å². The number of carbonyl (C=O) groups excluding carboxylic acids is 1. The number of aryl methyl sites for hydroxylation is 1. The van der Waals surface area contributed by atoms with Gasteiger partial charge in [0.25, 0.3) is 5.91 Å². The highest BCUT2D eigenvalue weighted by molar-refractivity contribution is 9.10. The molecule has 0 unspecified atom stereocenters. The van der Waals surface area contributed by atoms with Gasteiger partial charge in [-0.2, -0.15) is 0 Å². The van der Waals surface area contributed by atoms with E-state index in [1.54, 1.807) is 30.3 Å². The number of carbonyl (C=O) groups is 1. The molecule has 0 aliphatic heterocycles. The minimum atomic E-state index is -0.339. The van der Waals surface area contributed by atoms with Gasteiger partial charge >= 0.3 is 0 Å². The van der Waals surface area contributed by atoms with E-state index in [0.717, 1.165) is 10.0 Å². The van der Waals surface area contributed by atoms with Crippen molar-refractivity contribution in [1.29, 1.82) is 0 Å². The summed E-state index contributed by atoms with van der Waals surface area (Å²) in [4.78, 5) is 12.6. The first kappa shape index (κ1) is 21.5. The Morgan fingerprint density at radius 2 is 1.76 bits per heavy atom. The predicted octanol–water partition coefficient (Wildman–Crippen LogP) is 6.90. The monoisotopic (exact) mass is 493 g/mol. The molecule has 3 aromatic carbocycles. The molecular weight excluding hydrogens is 477 g/mol. The van der Waals surface area contributed by atoms with E-state index in [4.69, 9.17) is 32.7 Å². The van der Waals surface area contributed by atoms with Crippen molar-refractivity contribution >= 4 is 50.7 Å². The third-order valence-corrected chi connectivity index (χ3v) is 5.69. The number of rotatable bonds is 6. The quantitative estimate of drug-likeness (QED) is 0.405. The van der Waals surface area contributed by atoms with Crippen LogP contribution in [0.2, 0.25) is 10.0 Å². The predicted molar refractivity (Wildman–Crippen MR) is 121 cm³/mol. The lowest BCUT2D eigenvalue weighted by atomic mass is 10.1. The summed E-state index contributed by atoms with van der Waals surface area (Å²) in [6, 6.07) is 16.3. The van der Waals surface area contributed by atoms with E-state index in [1.807, 2.05) is 31.2 Å². The summed E-state index contributed by atoms with van der Waals surface area (Å²) in [5.74, 6) is 0.426. The number of benzene rings is 3. The first-order chi connectivity index (χ1) is 13.9. The fourth-order valence-electron chi connectivity index (χ4n) is 2.61. The lowest BCUT2D eigenvalue weighted by Crippen LogP contribution is -2.12. The highest BCUT2D eigenvalue weighted by Gasteiger charge is 2.16. The summed E-state index contributed by atoms with van der Waals surface area (Å²) >= 11 is 15.8. The van der Waals surface area contributed by atoms with Crippen molar-refractivity contribution in [2.45, 2.75) is 13.5 Å². The maximum absolute atomic E-state index is 12.6. The van der Waals surface area contributed by atoms with Crippen molar-refractivity contribution in [3.05, 3.63) is 85.8 Å². The molecule has 0 bridgehead atoms. The second kappa shape index (κ2) is 9.53. The zero-order chi connectivity index (χ0) is 21.0. The molecule has 0 spiro atoms. The molecule has 0 saturated heterocycles. The highest BCUT2D eigenvalue weighted by atomic mass is 79.9. The molecule has 0 aromatic heterocycles. The molecule has 0 saturated carbocycles. The van der Waals surface area contributed by atoms with E-state index in [0.29, 0.717) is 34.4 Å². The number of methoxy groups -OCH3 is 1. The van der Waals surface area contributed by atoms with Gasteiger partial charge in [-0.3, -0.25) is 4.79 Å². The van der Waals surface area contributed by atoms with Crippen LogP contribution in [-0.4, -0.2) is 13.0 Å². The minimum Gasteiger partial charge on any atom is -0.493 e. The van der Waals surface area contributed by atoms with Crippen LogP contribution in [-0.2, 0) is 6.61 Å². The average molecular weight is 495 g/mol. The Morgan fingerprint density at radius 3 is 2.41 bits per heavy atom. The summed E-state index contributed by atoms with van der Waals surface area (Å²) in [5.41, 5.74) is 3.08. The van der Waals surface area contributed by atoms with Gasteiger partial charge in [0.05, 0.1) is 17.2 Å². The van der Waals surface area contributed by atoms with Crippen LogP contribution < -0.4 is 14.8 Å². The Morgan fingerprint density at radius 1 is 1.03 bits per heavy atom. The van der Waals surface area contributed by atoms with E-state index in [1.165, 1.54) is 12.7 Å². The Kier molecular flexibility index (Phi) is 7.06. The van der Waals surface area contributed by atoms with Gasteiger partial charge in [0, 0.05) is 15.7 Å². The molecule has 3 aromatic rings. The summed E-state index contributed by atoms with van der Waals surface area (Å²) in [6.45, 7) is 2.36. The van der Waals surface area contributed by atoms with Crippen molar-refractivity contribution in [3.63, 3.8) is 0 Å². The van der Waals surface area contributed by atoms with Crippen LogP contribution in [0.5, 0.6) is 11.5 Å². The van der Waals surface area contributed by atoms with Crippen molar-refractivity contribution in [3.8, 4) is 11.5 Å². The number of hydrogen-bond acceptors (Lipinski definition) is 3. The molecule has 4 nitrogen and oxygen atoms in total. The molecule has 0 heterocycles. The summed E-state index contributed by atoms with van der Waals surface area (Å²) in [7, 11) is 1.50. The first-order valence-corrected chi connectivity index (χ1v) is 10.2. The molecular formula is C22H18BrCl2NO3. The summed E-state index contributed by atoms with van der Waals surface area (Å²) in [6.07, 6.45) is 0. The van der Waals surface area contributed by atoms with Crippen molar-refractivity contribution < 1.29 is 14.3 Å². The van der Waals surface area contributed by atoms with Gasteiger partial charge in [-0.15, -0.1) is 0 Å². The molecule has 0 aliphatic carbocycles. The molecule has 0 radical (unpaired) electrons. The van der Waals surface area contributed by atoms with Crippen molar-refractivity contribution in [2.75, 3.05) is 12.4 Å². The average Bonchev–Trinajstić information content (AvgIpc) is 2.70. The molecule has 3 rings (SSSR count). The topological polar surface area (TPSA) is 47.6 Å². The lowest BCUT2D eigenvalue weighted by Gasteiger charge is -2.14. The van der Waals surface area contributed by atoms with Gasteiger partial charge in [0.1, 0.15) is 6.61 Å². The zero-order valence-corrected chi connectivity index (χ0v) is 18.9. The highest BCUT2D eigenvalue weighted by Crippen LogP contribution is 2.37. The molecule has 1 N–H and O–H groups in total. The van der Waals surface area contributed by atoms with Crippen molar-refractivity contribution in [2.24, 2.45) is 0 Å². The number of nitrogens with one attached hydrogen (secondary N) is 1. The second-order valence-corrected chi connectivity index (χ2v) is 8.02. The van der Waals surface area contributed by atoms with Crippen LogP contribution in [0, 0.1) is 6.92 Å². The molecule has 150 valence electrons. The molecule has 29 heavy (non-hydrogen) atoms. The van der Waals surface area contributed by atoms with Crippen LogP contribution in [0.4, 0.5) is 5.69 Å². The Bertz CT molecular complexity index is 1040. The largest absolute Gasteiger partial charge is 0.493 e. The van der Waals surface area contributed by atoms with Gasteiger partial charge in [0.15, 0.2) is 11.5 Å². The fourth-order valence-corrected chi connectivity index (χ4v) is 3.30. The number of anilines is 1. The van der Waals surface area contributed by atoms with E-state index in [-0.39, 0.29) is 10.9 Å². The Hall–Kier alpha value is -2.21. The smallest absolute Gasteiger partial charge is 0.255 e. The number of halogens is 3. The molecule has 0 fully saturated rings. The van der Waals surface area contributed by atoms with Crippen LogP contribution in [0.25, 0.3) is 0 Å². The number of ether oxygens (including phenoxy) is 2. The van der Waals surface area contributed by atoms with Crippen LogP contribution >= 0.6 is 39.1 Å². The number of amides is 1. The third-order valence-electron chi connectivity index (χ3n) is 4.17. The van der Waals surface area contributed by atoms with Crippen LogP contribution in [0.3, 0.4) is 0 Å². The van der Waals surface area contributed by atoms with E-state index >= 15 is 0 Å². The Labute approximate surface area is 187 Å². The molecule has 1 amide bonds. The summed E-state index contributed by atoms with van der Waals surface area (Å²) < 4.78 is 12.0. The standard InChI is InChI=1S/C22H18BrCl2NO3/c1-13-3-5-14(6-4-13)12-29-21-19(25)9-15(10-20(21)28-2)22(27)26-16-7-8-17(23)18(24)11-16/h3-11H,12H2,1-2H3,(H,26,27). The molecule has 0 aliphatic rings. The van der Waals surface area contributed by atoms with Crippen molar-refractivity contribution in [1.82, 2.24) is 0 Å². The van der Waals surface area contributed by atoms with Gasteiger partial charge < -0.3 is 14.8 Å². The van der Waals surface area contributed by atoms with Crippen LogP contribution in [0.1, 0.15) is 21.5 Å². The van der Waals surface area contributed by atoms with Gasteiger partial charge in [0.2, 0.25) is 0 Å². The van der Waals surface area contributed by atoms with Crippen LogP contribution in [0.15, 0.2) is 59.1 Å². The maximum atomic E-state index is 12.6. The SMILES string of the molecule is COc1cc(C(=O)Nc2ccc(Br)c(Cl)c2)cc(Cl)c1OCc1ccc(C)cc1. The van der Waals surface area contributed by atoms with Gasteiger partial charge in [-0.1, -0.05) is 53.0 Å². The summed E-state index contributed by atoms with van der Waals surface area (Å²) in [5, 5.41) is 3.57. The fraction of sp³-hybridized carbons (Fsp3) is 0.136. The van der Waals surface area contributed by atoms with Gasteiger partial charge in [-0.25, -0.2) is 0 Å². The van der Waals surface area contributed by atoms with E-state index < -0.39 is 0 Å². The zero-order valence-electron chi connectivity index (χ0n) is 15.8. The second-order valence-electron chi connectivity index (χ2n) is 6.35. The first-order valence-electron chi connectivity index (χ1n) is 8.69. The normalized spacial score (nSPS) is 10.5. The molecule has 0 atom stereocenters. The van der Waals surface area contributed by atoms with Gasteiger partial charge in [-0.05, 0) is 58.7 Å². The maximum Gasteiger partial charge on any atom is 0.255 e. The number of hydrogen-bond donors (Lipinski definition) is 1. The Balaban J connectivity index is 1.78. The van der Waals surface area contributed by atoms with E-state index in [2.05, 4.69) is 21.2 Å². The lowest BCUT2D eigenvalue weighted by molar-refractivity contribution is 0.102. The minimum absolute atomic E-state index is 0.287. The molecule has 7 heteroatoms.